The monoisotopic (exact) mass is 177 g/mol. The maximum Gasteiger partial charge on any atom is 0.283 e. The van der Waals surface area contributed by atoms with Gasteiger partial charge in [0.2, 0.25) is 0 Å². The van der Waals surface area contributed by atoms with E-state index in [9.17, 15) is 4.79 Å². The Morgan fingerprint density at radius 2 is 2.23 bits per heavy atom. The van der Waals surface area contributed by atoms with Crippen LogP contribution in [0.25, 0.3) is 0 Å². The van der Waals surface area contributed by atoms with Crippen molar-refractivity contribution in [3.05, 3.63) is 42.2 Å². The molecule has 1 amide bonds. The number of benzene rings is 1. The Hall–Kier alpha value is -1.77. The number of amides is 1. The number of rotatable bonds is 3. The lowest BCUT2D eigenvalue weighted by Crippen LogP contribution is -2.16. The van der Waals surface area contributed by atoms with Crippen molar-refractivity contribution in [2.24, 2.45) is 5.73 Å². The molecular weight excluding hydrogens is 166 g/mol. The Morgan fingerprint density at radius 1 is 1.54 bits per heavy atom. The van der Waals surface area contributed by atoms with Crippen LogP contribution in [0, 0.1) is 6.92 Å². The van der Waals surface area contributed by atoms with Crippen molar-refractivity contribution in [1.29, 1.82) is 0 Å². The van der Waals surface area contributed by atoms with Crippen molar-refractivity contribution >= 4 is 5.91 Å². The van der Waals surface area contributed by atoms with Gasteiger partial charge in [0.1, 0.15) is 5.75 Å². The van der Waals surface area contributed by atoms with E-state index in [1.807, 2.05) is 19.1 Å². The predicted octanol–water partition coefficient (Wildman–Crippen LogP) is 1.37. The van der Waals surface area contributed by atoms with E-state index in [1.165, 1.54) is 0 Å². The van der Waals surface area contributed by atoms with Crippen LogP contribution < -0.4 is 10.5 Å². The molecule has 1 aromatic carbocycles. The van der Waals surface area contributed by atoms with Crippen LogP contribution in [0.2, 0.25) is 0 Å². The molecule has 0 bridgehead atoms. The minimum Gasteiger partial charge on any atom is -0.452 e. The van der Waals surface area contributed by atoms with Gasteiger partial charge in [0.05, 0.1) is 0 Å². The minimum atomic E-state index is -0.651. The van der Waals surface area contributed by atoms with Crippen molar-refractivity contribution in [2.75, 3.05) is 0 Å². The summed E-state index contributed by atoms with van der Waals surface area (Å²) in [4.78, 5) is 10.6. The molecule has 0 aliphatic rings. The topological polar surface area (TPSA) is 52.3 Å². The first-order chi connectivity index (χ1) is 6.09. The van der Waals surface area contributed by atoms with Gasteiger partial charge in [0.25, 0.3) is 5.91 Å². The highest BCUT2D eigenvalue weighted by atomic mass is 16.5. The third-order valence-electron chi connectivity index (χ3n) is 1.51. The number of nitrogens with two attached hydrogens (primary N) is 1. The van der Waals surface area contributed by atoms with E-state index in [2.05, 4.69) is 6.58 Å². The average Bonchev–Trinajstić information content (AvgIpc) is 2.04. The molecule has 0 radical (unpaired) electrons. The molecule has 3 nitrogen and oxygen atoms in total. The van der Waals surface area contributed by atoms with Crippen molar-refractivity contribution in [1.82, 2.24) is 0 Å². The lowest BCUT2D eigenvalue weighted by molar-refractivity contribution is -0.116. The molecule has 0 atom stereocenters. The van der Waals surface area contributed by atoms with Crippen LogP contribution in [-0.2, 0) is 4.79 Å². The third kappa shape index (κ3) is 2.63. The smallest absolute Gasteiger partial charge is 0.283 e. The quantitative estimate of drug-likeness (QED) is 0.560. The van der Waals surface area contributed by atoms with E-state index in [1.54, 1.807) is 12.1 Å². The van der Waals surface area contributed by atoms with Gasteiger partial charge in [0, 0.05) is 0 Å². The van der Waals surface area contributed by atoms with Gasteiger partial charge in [-0.2, -0.15) is 0 Å². The number of ether oxygens (including phenoxy) is 1. The van der Waals surface area contributed by atoms with Gasteiger partial charge < -0.3 is 10.5 Å². The number of aryl methyl sites for hydroxylation is 1. The lowest BCUT2D eigenvalue weighted by atomic mass is 10.2. The van der Waals surface area contributed by atoms with Crippen LogP contribution in [0.15, 0.2) is 36.6 Å². The Balaban J connectivity index is 2.75. The van der Waals surface area contributed by atoms with Crippen LogP contribution in [0.4, 0.5) is 0 Å². The molecule has 13 heavy (non-hydrogen) atoms. The van der Waals surface area contributed by atoms with Gasteiger partial charge in [0.15, 0.2) is 5.76 Å². The molecule has 0 spiro atoms. The van der Waals surface area contributed by atoms with E-state index in [0.29, 0.717) is 5.75 Å². The largest absolute Gasteiger partial charge is 0.452 e. The summed E-state index contributed by atoms with van der Waals surface area (Å²) in [5.41, 5.74) is 6.01. The molecule has 1 rings (SSSR count). The van der Waals surface area contributed by atoms with Crippen molar-refractivity contribution < 1.29 is 9.53 Å². The molecule has 0 saturated heterocycles. The van der Waals surface area contributed by atoms with Gasteiger partial charge >= 0.3 is 0 Å². The second-order valence-corrected chi connectivity index (χ2v) is 2.71. The molecule has 68 valence electrons. The average molecular weight is 177 g/mol. The highest BCUT2D eigenvalue weighted by Crippen LogP contribution is 2.14. The second kappa shape index (κ2) is 3.76. The Morgan fingerprint density at radius 3 is 2.77 bits per heavy atom. The fraction of sp³-hybridized carbons (Fsp3) is 0.100. The van der Waals surface area contributed by atoms with Gasteiger partial charge in [-0.25, -0.2) is 0 Å². The van der Waals surface area contributed by atoms with Crippen molar-refractivity contribution in [2.45, 2.75) is 6.92 Å². The Kier molecular flexibility index (Phi) is 2.69. The minimum absolute atomic E-state index is 0.0504. The summed E-state index contributed by atoms with van der Waals surface area (Å²) in [7, 11) is 0. The third-order valence-corrected chi connectivity index (χ3v) is 1.51. The predicted molar refractivity (Wildman–Crippen MR) is 50.1 cm³/mol. The van der Waals surface area contributed by atoms with Crippen LogP contribution in [0.3, 0.4) is 0 Å². The maximum atomic E-state index is 10.6. The number of primary amides is 1. The molecule has 0 aliphatic heterocycles. The summed E-state index contributed by atoms with van der Waals surface area (Å²) < 4.78 is 5.09. The van der Waals surface area contributed by atoms with Crippen LogP contribution in [0.5, 0.6) is 5.75 Å². The first-order valence-corrected chi connectivity index (χ1v) is 3.83. The number of carbonyl (C=O) groups is 1. The highest BCUT2D eigenvalue weighted by Gasteiger charge is 2.03. The van der Waals surface area contributed by atoms with E-state index in [4.69, 9.17) is 10.5 Å². The molecule has 0 aliphatic carbocycles. The van der Waals surface area contributed by atoms with E-state index in [-0.39, 0.29) is 5.76 Å². The molecule has 0 unspecified atom stereocenters. The molecule has 0 aromatic heterocycles. The summed E-state index contributed by atoms with van der Waals surface area (Å²) in [5, 5.41) is 0. The number of carbonyl (C=O) groups excluding carboxylic acids is 1. The zero-order chi connectivity index (χ0) is 9.84. The highest BCUT2D eigenvalue weighted by molar-refractivity contribution is 5.89. The first-order valence-electron chi connectivity index (χ1n) is 3.83. The van der Waals surface area contributed by atoms with Crippen LogP contribution >= 0.6 is 0 Å². The SMILES string of the molecule is C=C(Oc1cccc(C)c1)C(N)=O. The Labute approximate surface area is 76.8 Å². The first kappa shape index (κ1) is 9.32. The maximum absolute atomic E-state index is 10.6. The summed E-state index contributed by atoms with van der Waals surface area (Å²) in [6.45, 7) is 5.31. The van der Waals surface area contributed by atoms with E-state index in [0.717, 1.165) is 5.56 Å². The molecular formula is C10H11NO2. The summed E-state index contributed by atoms with van der Waals surface area (Å²) in [6, 6.07) is 7.30. The van der Waals surface area contributed by atoms with E-state index >= 15 is 0 Å². The van der Waals surface area contributed by atoms with Crippen LogP contribution in [-0.4, -0.2) is 5.91 Å². The fourth-order valence-corrected chi connectivity index (χ4v) is 0.871. The van der Waals surface area contributed by atoms with Crippen molar-refractivity contribution in [3.8, 4) is 5.75 Å². The molecule has 0 saturated carbocycles. The molecule has 2 N–H and O–H groups in total. The second-order valence-electron chi connectivity index (χ2n) is 2.71. The normalized spacial score (nSPS) is 9.31. The molecule has 3 heteroatoms. The van der Waals surface area contributed by atoms with Gasteiger partial charge in [-0.05, 0) is 24.6 Å². The van der Waals surface area contributed by atoms with Gasteiger partial charge in [-0.1, -0.05) is 18.7 Å². The fourth-order valence-electron chi connectivity index (χ4n) is 0.871. The summed E-state index contributed by atoms with van der Waals surface area (Å²) in [5.74, 6) is -0.129. The van der Waals surface area contributed by atoms with Gasteiger partial charge in [-0.3, -0.25) is 4.79 Å². The molecule has 1 aromatic rings. The summed E-state index contributed by atoms with van der Waals surface area (Å²) in [6.07, 6.45) is 0. The molecule has 0 fully saturated rings. The van der Waals surface area contributed by atoms with Crippen molar-refractivity contribution in [3.63, 3.8) is 0 Å². The molecule has 0 heterocycles. The Bertz CT molecular complexity index is 345. The van der Waals surface area contributed by atoms with Crippen LogP contribution in [0.1, 0.15) is 5.56 Å². The zero-order valence-corrected chi connectivity index (χ0v) is 7.41. The zero-order valence-electron chi connectivity index (χ0n) is 7.41. The number of hydrogen-bond acceptors (Lipinski definition) is 2. The van der Waals surface area contributed by atoms with E-state index < -0.39 is 5.91 Å². The standard InChI is InChI=1S/C10H11NO2/c1-7-4-3-5-9(6-7)13-8(2)10(11)12/h3-6H,2H2,1H3,(H2,11,12). The van der Waals surface area contributed by atoms with Gasteiger partial charge in [-0.15, -0.1) is 0 Å². The summed E-state index contributed by atoms with van der Waals surface area (Å²) >= 11 is 0. The number of hydrogen-bond donors (Lipinski definition) is 1. The lowest BCUT2D eigenvalue weighted by Gasteiger charge is -2.05.